The van der Waals surface area contributed by atoms with E-state index in [9.17, 15) is 4.57 Å². The number of rotatable bonds is 3. The first-order valence-corrected chi connectivity index (χ1v) is 4.40. The summed E-state index contributed by atoms with van der Waals surface area (Å²) in [6, 6.07) is 0. The number of unbranched alkanes of at least 4 members (excludes halogenated alkanes) is 1. The third kappa shape index (κ3) is 16.6. The standard InChI is InChI=1S/C4H11O3P.2Na.2H/c1-2-3-4-8(5,6)7;;;;/h2-4H2,1H3,(H2,5,6,7);;;;. The van der Waals surface area contributed by atoms with E-state index < -0.39 is 7.60 Å². The van der Waals surface area contributed by atoms with E-state index in [0.717, 1.165) is 6.42 Å². The van der Waals surface area contributed by atoms with Crippen LogP contribution >= 0.6 is 7.60 Å². The molecule has 0 bridgehead atoms. The van der Waals surface area contributed by atoms with Crippen molar-refractivity contribution in [2.45, 2.75) is 19.8 Å². The summed E-state index contributed by atoms with van der Waals surface area (Å²) in [4.78, 5) is 16.5. The van der Waals surface area contributed by atoms with Crippen molar-refractivity contribution < 1.29 is 14.4 Å². The van der Waals surface area contributed by atoms with Crippen LogP contribution in [0, 0.1) is 0 Å². The fraction of sp³-hybridized carbons (Fsp3) is 1.00. The molecule has 0 aromatic rings. The van der Waals surface area contributed by atoms with Crippen molar-refractivity contribution in [3.8, 4) is 0 Å². The molecule has 0 fully saturated rings. The van der Waals surface area contributed by atoms with Crippen LogP contribution in [0.1, 0.15) is 19.8 Å². The summed E-state index contributed by atoms with van der Waals surface area (Å²) >= 11 is 0. The van der Waals surface area contributed by atoms with Gasteiger partial charge in [0.2, 0.25) is 0 Å². The molecule has 0 rings (SSSR count). The van der Waals surface area contributed by atoms with Crippen molar-refractivity contribution in [2.24, 2.45) is 0 Å². The van der Waals surface area contributed by atoms with Crippen LogP contribution in [0.4, 0.5) is 0 Å². The molecule has 6 heteroatoms. The monoisotopic (exact) mass is 186 g/mol. The molecule has 0 radical (unpaired) electrons. The summed E-state index contributed by atoms with van der Waals surface area (Å²) in [6.45, 7) is 1.90. The van der Waals surface area contributed by atoms with Gasteiger partial charge < -0.3 is 9.79 Å². The molecule has 3 nitrogen and oxygen atoms in total. The molecule has 54 valence electrons. The molecule has 0 aromatic heterocycles. The van der Waals surface area contributed by atoms with Gasteiger partial charge in [0, 0.05) is 6.16 Å². The normalized spacial score (nSPS) is 9.50. The van der Waals surface area contributed by atoms with E-state index in [2.05, 4.69) is 0 Å². The summed E-state index contributed by atoms with van der Waals surface area (Å²) in [5, 5.41) is 0. The summed E-state index contributed by atoms with van der Waals surface area (Å²) in [7, 11) is -3.68. The van der Waals surface area contributed by atoms with Gasteiger partial charge in [0.05, 0.1) is 0 Å². The SMILES string of the molecule is CCCCP(=O)(O)O.[NaH].[NaH]. The third-order valence-corrected chi connectivity index (χ3v) is 1.70. The molecule has 0 unspecified atom stereocenters. The van der Waals surface area contributed by atoms with Crippen molar-refractivity contribution in [2.75, 3.05) is 6.16 Å². The summed E-state index contributed by atoms with van der Waals surface area (Å²) in [5.74, 6) is 0. The van der Waals surface area contributed by atoms with Crippen molar-refractivity contribution >= 4 is 66.7 Å². The average Bonchev–Trinajstić information content (AvgIpc) is 1.59. The Bertz CT molecular complexity index is 103. The predicted molar refractivity (Wildman–Crippen MR) is 46.1 cm³/mol. The predicted octanol–water partition coefficient (Wildman–Crippen LogP) is -0.333. The Morgan fingerprint density at radius 3 is 1.80 bits per heavy atom. The summed E-state index contributed by atoms with van der Waals surface area (Å²) in [6.07, 6.45) is 1.49. The Labute approximate surface area is 106 Å². The summed E-state index contributed by atoms with van der Waals surface area (Å²) in [5.41, 5.74) is 0. The maximum atomic E-state index is 10.1. The van der Waals surface area contributed by atoms with Gasteiger partial charge >= 0.3 is 66.7 Å². The third-order valence-electron chi connectivity index (χ3n) is 0.803. The minimum absolute atomic E-state index is 0. The van der Waals surface area contributed by atoms with Crippen LogP contribution in [-0.4, -0.2) is 75.1 Å². The number of hydrogen-bond acceptors (Lipinski definition) is 1. The first kappa shape index (κ1) is 18.0. The fourth-order valence-corrected chi connectivity index (χ4v) is 1.09. The molecule has 0 saturated carbocycles. The van der Waals surface area contributed by atoms with E-state index in [0.29, 0.717) is 6.42 Å². The molecule has 0 aliphatic heterocycles. The van der Waals surface area contributed by atoms with Gasteiger partial charge in [0.15, 0.2) is 0 Å². The molecule has 0 saturated heterocycles. The maximum absolute atomic E-state index is 10.1. The average molecular weight is 186 g/mol. The van der Waals surface area contributed by atoms with Crippen LogP contribution in [0.3, 0.4) is 0 Å². The molecule has 10 heavy (non-hydrogen) atoms. The van der Waals surface area contributed by atoms with Crippen molar-refractivity contribution in [1.82, 2.24) is 0 Å². The van der Waals surface area contributed by atoms with Crippen LogP contribution in [0.25, 0.3) is 0 Å². The Kier molecular flexibility index (Phi) is 16.7. The Hall–Kier alpha value is 2.15. The summed E-state index contributed by atoms with van der Waals surface area (Å²) < 4.78 is 10.1. The van der Waals surface area contributed by atoms with E-state index in [4.69, 9.17) is 9.79 Å². The second-order valence-corrected chi connectivity index (χ2v) is 3.52. The second-order valence-electron chi connectivity index (χ2n) is 1.74. The van der Waals surface area contributed by atoms with Gasteiger partial charge in [-0.2, -0.15) is 0 Å². The number of hydrogen-bond donors (Lipinski definition) is 2. The molecular weight excluding hydrogens is 173 g/mol. The van der Waals surface area contributed by atoms with Crippen LogP contribution in [0.5, 0.6) is 0 Å². The van der Waals surface area contributed by atoms with Crippen LogP contribution < -0.4 is 0 Å². The first-order valence-electron chi connectivity index (χ1n) is 2.61. The van der Waals surface area contributed by atoms with Crippen LogP contribution in [-0.2, 0) is 4.57 Å². The van der Waals surface area contributed by atoms with Crippen LogP contribution in [0.2, 0.25) is 0 Å². The van der Waals surface area contributed by atoms with Crippen molar-refractivity contribution in [3.05, 3.63) is 0 Å². The molecule has 0 atom stereocenters. The first-order chi connectivity index (χ1) is 3.56. The van der Waals surface area contributed by atoms with E-state index >= 15 is 0 Å². The molecule has 0 spiro atoms. The molecular formula is C4H13Na2O3P. The van der Waals surface area contributed by atoms with E-state index in [1.54, 1.807) is 0 Å². The minimum atomic E-state index is -3.68. The Balaban J connectivity index is -0.000000245. The van der Waals surface area contributed by atoms with Crippen molar-refractivity contribution in [1.29, 1.82) is 0 Å². The Morgan fingerprint density at radius 1 is 1.30 bits per heavy atom. The molecule has 0 amide bonds. The quantitative estimate of drug-likeness (QED) is 0.468. The molecule has 2 N–H and O–H groups in total. The zero-order valence-corrected chi connectivity index (χ0v) is 5.77. The van der Waals surface area contributed by atoms with Crippen LogP contribution in [0.15, 0.2) is 0 Å². The van der Waals surface area contributed by atoms with Crippen molar-refractivity contribution in [3.63, 3.8) is 0 Å². The Morgan fingerprint density at radius 2 is 1.70 bits per heavy atom. The van der Waals surface area contributed by atoms with Gasteiger partial charge in [-0.1, -0.05) is 13.3 Å². The van der Waals surface area contributed by atoms with Gasteiger partial charge in [-0.25, -0.2) is 0 Å². The zero-order valence-electron chi connectivity index (χ0n) is 4.87. The molecule has 0 heterocycles. The van der Waals surface area contributed by atoms with Gasteiger partial charge in [-0.3, -0.25) is 4.57 Å². The van der Waals surface area contributed by atoms with Gasteiger partial charge in [0.1, 0.15) is 0 Å². The molecule has 0 aromatic carbocycles. The van der Waals surface area contributed by atoms with E-state index in [1.807, 2.05) is 6.92 Å². The molecule has 0 aliphatic carbocycles. The topological polar surface area (TPSA) is 57.5 Å². The van der Waals surface area contributed by atoms with Gasteiger partial charge in [0.25, 0.3) is 0 Å². The van der Waals surface area contributed by atoms with E-state index in [-0.39, 0.29) is 65.3 Å². The zero-order chi connectivity index (χ0) is 6.62. The molecule has 0 aliphatic rings. The fourth-order valence-electron chi connectivity index (χ4n) is 0.364. The van der Waals surface area contributed by atoms with Gasteiger partial charge in [-0.15, -0.1) is 0 Å². The second kappa shape index (κ2) is 9.24. The van der Waals surface area contributed by atoms with Gasteiger partial charge in [-0.05, 0) is 6.42 Å². The van der Waals surface area contributed by atoms with E-state index in [1.165, 1.54) is 0 Å².